The second-order valence-electron chi connectivity index (χ2n) is 6.00. The highest BCUT2D eigenvalue weighted by Gasteiger charge is 2.41. The average Bonchev–Trinajstić information content (AvgIpc) is 2.71. The van der Waals surface area contributed by atoms with E-state index < -0.39 is 0 Å². The van der Waals surface area contributed by atoms with Crippen molar-refractivity contribution in [1.82, 2.24) is 0 Å². The predicted octanol–water partition coefficient (Wildman–Crippen LogP) is 4.33. The van der Waals surface area contributed by atoms with Crippen LogP contribution in [0.3, 0.4) is 0 Å². The van der Waals surface area contributed by atoms with E-state index in [1.807, 2.05) is 24.3 Å². The number of nitrogens with one attached hydrogen (secondary N) is 1. The first-order valence-electron chi connectivity index (χ1n) is 7.20. The molecule has 1 unspecified atom stereocenters. The Morgan fingerprint density at radius 2 is 1.90 bits per heavy atom. The Bertz CT molecular complexity index is 664. The average molecular weight is 283 g/mol. The third-order valence-electron chi connectivity index (χ3n) is 4.03. The molecule has 21 heavy (non-hydrogen) atoms. The fourth-order valence-electron chi connectivity index (χ4n) is 2.86. The van der Waals surface area contributed by atoms with Crippen LogP contribution >= 0.6 is 0 Å². The standard InChI is InChI=1S/C18H21NO2/c1-12-11-13(20-4)9-10-15(12)19-17-14-7-5-6-8-16(14)21-18(17,2)3/h5-11,17,19H,1-4H3. The summed E-state index contributed by atoms with van der Waals surface area (Å²) in [6, 6.07) is 14.4. The van der Waals surface area contributed by atoms with Gasteiger partial charge in [-0.25, -0.2) is 0 Å². The molecule has 1 aliphatic heterocycles. The van der Waals surface area contributed by atoms with Crippen molar-refractivity contribution >= 4 is 5.69 Å². The molecule has 1 N–H and O–H groups in total. The lowest BCUT2D eigenvalue weighted by Gasteiger charge is -2.28. The maximum atomic E-state index is 6.08. The van der Waals surface area contributed by atoms with Gasteiger partial charge in [-0.15, -0.1) is 0 Å². The smallest absolute Gasteiger partial charge is 0.128 e. The highest BCUT2D eigenvalue weighted by Crippen LogP contribution is 2.44. The van der Waals surface area contributed by atoms with Gasteiger partial charge in [0.25, 0.3) is 0 Å². The summed E-state index contributed by atoms with van der Waals surface area (Å²) in [5.74, 6) is 1.84. The molecule has 3 nitrogen and oxygen atoms in total. The lowest BCUT2D eigenvalue weighted by atomic mass is 9.94. The number of fused-ring (bicyclic) bond motifs is 1. The van der Waals surface area contributed by atoms with Gasteiger partial charge >= 0.3 is 0 Å². The highest BCUT2D eigenvalue weighted by atomic mass is 16.5. The van der Waals surface area contributed by atoms with Crippen LogP contribution in [0.1, 0.15) is 31.0 Å². The molecule has 110 valence electrons. The van der Waals surface area contributed by atoms with Gasteiger partial charge in [-0.05, 0) is 50.6 Å². The van der Waals surface area contributed by atoms with Crippen LogP contribution in [0.25, 0.3) is 0 Å². The number of para-hydroxylation sites is 1. The van der Waals surface area contributed by atoms with E-state index in [-0.39, 0.29) is 11.6 Å². The maximum Gasteiger partial charge on any atom is 0.128 e. The fourth-order valence-corrected chi connectivity index (χ4v) is 2.86. The molecule has 0 bridgehead atoms. The van der Waals surface area contributed by atoms with Crippen LogP contribution in [-0.4, -0.2) is 12.7 Å². The van der Waals surface area contributed by atoms with Gasteiger partial charge in [0.15, 0.2) is 0 Å². The largest absolute Gasteiger partial charge is 0.497 e. The van der Waals surface area contributed by atoms with Gasteiger partial charge in [0.05, 0.1) is 13.2 Å². The Morgan fingerprint density at radius 1 is 1.14 bits per heavy atom. The third kappa shape index (κ3) is 2.44. The maximum absolute atomic E-state index is 6.08. The minimum Gasteiger partial charge on any atom is -0.497 e. The summed E-state index contributed by atoms with van der Waals surface area (Å²) >= 11 is 0. The predicted molar refractivity (Wildman–Crippen MR) is 85.2 cm³/mol. The Kier molecular flexibility index (Phi) is 3.28. The molecule has 1 heterocycles. The first kappa shape index (κ1) is 13.8. The number of methoxy groups -OCH3 is 1. The number of benzene rings is 2. The Morgan fingerprint density at radius 3 is 2.62 bits per heavy atom. The molecule has 1 aliphatic rings. The number of rotatable bonds is 3. The lowest BCUT2D eigenvalue weighted by molar-refractivity contribution is 0.118. The molecule has 0 amide bonds. The minimum absolute atomic E-state index is 0.126. The summed E-state index contributed by atoms with van der Waals surface area (Å²) in [6.07, 6.45) is 0. The molecule has 0 aromatic heterocycles. The molecule has 2 aromatic carbocycles. The zero-order valence-electron chi connectivity index (χ0n) is 12.9. The first-order chi connectivity index (χ1) is 10.0. The summed E-state index contributed by atoms with van der Waals surface area (Å²) in [6.45, 7) is 6.31. The first-order valence-corrected chi connectivity index (χ1v) is 7.20. The third-order valence-corrected chi connectivity index (χ3v) is 4.03. The Balaban J connectivity index is 1.94. The molecule has 3 rings (SSSR count). The number of ether oxygens (including phenoxy) is 2. The quantitative estimate of drug-likeness (QED) is 0.909. The van der Waals surface area contributed by atoms with Crippen LogP contribution in [0.15, 0.2) is 42.5 Å². The van der Waals surface area contributed by atoms with Gasteiger partial charge < -0.3 is 14.8 Å². The molecule has 0 spiro atoms. The van der Waals surface area contributed by atoms with E-state index in [1.165, 1.54) is 5.56 Å². The van der Waals surface area contributed by atoms with Crippen LogP contribution < -0.4 is 14.8 Å². The summed E-state index contributed by atoms with van der Waals surface area (Å²) < 4.78 is 11.3. The molecule has 0 aliphatic carbocycles. The van der Waals surface area contributed by atoms with E-state index in [4.69, 9.17) is 9.47 Å². The molecule has 0 fully saturated rings. The number of aryl methyl sites for hydroxylation is 1. The van der Waals surface area contributed by atoms with Crippen molar-refractivity contribution < 1.29 is 9.47 Å². The van der Waals surface area contributed by atoms with E-state index in [1.54, 1.807) is 7.11 Å². The number of hydrogen-bond donors (Lipinski definition) is 1. The van der Waals surface area contributed by atoms with Crippen LogP contribution in [0.4, 0.5) is 5.69 Å². The van der Waals surface area contributed by atoms with Crippen molar-refractivity contribution in [3.05, 3.63) is 53.6 Å². The zero-order chi connectivity index (χ0) is 15.0. The molecule has 0 radical (unpaired) electrons. The molecule has 0 saturated carbocycles. The molecular weight excluding hydrogens is 262 g/mol. The highest BCUT2D eigenvalue weighted by molar-refractivity contribution is 5.57. The van der Waals surface area contributed by atoms with E-state index in [9.17, 15) is 0 Å². The van der Waals surface area contributed by atoms with Crippen molar-refractivity contribution in [3.63, 3.8) is 0 Å². The van der Waals surface area contributed by atoms with Crippen LogP contribution in [0, 0.1) is 6.92 Å². The second-order valence-corrected chi connectivity index (χ2v) is 6.00. The van der Waals surface area contributed by atoms with Gasteiger partial charge in [0, 0.05) is 11.3 Å². The molecule has 0 saturated heterocycles. The number of anilines is 1. The van der Waals surface area contributed by atoms with Gasteiger partial charge in [-0.1, -0.05) is 18.2 Å². The van der Waals surface area contributed by atoms with Gasteiger partial charge in [0.2, 0.25) is 0 Å². The minimum atomic E-state index is -0.282. The fraction of sp³-hybridized carbons (Fsp3) is 0.333. The molecule has 2 aromatic rings. The Labute approximate surface area is 125 Å². The van der Waals surface area contributed by atoms with E-state index in [2.05, 4.69) is 44.3 Å². The number of hydrogen-bond acceptors (Lipinski definition) is 3. The van der Waals surface area contributed by atoms with Crippen LogP contribution in [0.5, 0.6) is 11.5 Å². The summed E-state index contributed by atoms with van der Waals surface area (Å²) in [7, 11) is 1.69. The van der Waals surface area contributed by atoms with Gasteiger partial charge in [-0.2, -0.15) is 0 Å². The van der Waals surface area contributed by atoms with Gasteiger partial charge in [0.1, 0.15) is 17.1 Å². The molecular formula is C18H21NO2. The zero-order valence-corrected chi connectivity index (χ0v) is 12.9. The van der Waals surface area contributed by atoms with Crippen LogP contribution in [0.2, 0.25) is 0 Å². The van der Waals surface area contributed by atoms with Crippen LogP contribution in [-0.2, 0) is 0 Å². The SMILES string of the molecule is COc1ccc(NC2c3ccccc3OC2(C)C)c(C)c1. The van der Waals surface area contributed by atoms with E-state index >= 15 is 0 Å². The van der Waals surface area contributed by atoms with Crippen molar-refractivity contribution in [2.24, 2.45) is 0 Å². The van der Waals surface area contributed by atoms with E-state index in [0.717, 1.165) is 22.7 Å². The molecule has 1 atom stereocenters. The lowest BCUT2D eigenvalue weighted by Crippen LogP contribution is -2.34. The topological polar surface area (TPSA) is 30.5 Å². The Hall–Kier alpha value is -2.16. The van der Waals surface area contributed by atoms with Crippen molar-refractivity contribution in [1.29, 1.82) is 0 Å². The second kappa shape index (κ2) is 4.99. The van der Waals surface area contributed by atoms with Crippen molar-refractivity contribution in [2.75, 3.05) is 12.4 Å². The van der Waals surface area contributed by atoms with E-state index in [0.29, 0.717) is 0 Å². The van der Waals surface area contributed by atoms with Crippen molar-refractivity contribution in [3.8, 4) is 11.5 Å². The summed E-state index contributed by atoms with van der Waals surface area (Å²) in [5, 5.41) is 3.63. The summed E-state index contributed by atoms with van der Waals surface area (Å²) in [4.78, 5) is 0. The summed E-state index contributed by atoms with van der Waals surface area (Å²) in [5.41, 5.74) is 3.19. The monoisotopic (exact) mass is 283 g/mol. The van der Waals surface area contributed by atoms with Gasteiger partial charge in [-0.3, -0.25) is 0 Å². The molecule has 3 heteroatoms. The normalized spacial score (nSPS) is 18.8. The van der Waals surface area contributed by atoms with Crippen molar-refractivity contribution in [2.45, 2.75) is 32.4 Å².